The average molecular weight is 276 g/mol. The van der Waals surface area contributed by atoms with Crippen LogP contribution in [0.3, 0.4) is 0 Å². The van der Waals surface area contributed by atoms with Crippen molar-refractivity contribution in [2.75, 3.05) is 13.7 Å². The molecule has 0 aromatic heterocycles. The zero-order chi connectivity index (χ0) is 14.7. The minimum absolute atomic E-state index is 0.0619. The molecule has 0 spiro atoms. The molecule has 0 aliphatic heterocycles. The third-order valence-corrected chi connectivity index (χ3v) is 2.50. The normalized spacial score (nSPS) is 12.1. The second kappa shape index (κ2) is 5.50. The molecular formula is C13H15F3O3. The lowest BCUT2D eigenvalue weighted by Gasteiger charge is -2.21. The van der Waals surface area contributed by atoms with Gasteiger partial charge in [-0.05, 0) is 32.0 Å². The highest BCUT2D eigenvalue weighted by atomic mass is 19.4. The molecule has 1 aromatic carbocycles. The molecule has 6 heteroatoms. The third kappa shape index (κ3) is 4.15. The van der Waals surface area contributed by atoms with Gasteiger partial charge in [-0.3, -0.25) is 4.79 Å². The van der Waals surface area contributed by atoms with E-state index in [2.05, 4.69) is 4.74 Å². The smallest absolute Gasteiger partial charge is 0.416 e. The van der Waals surface area contributed by atoms with Crippen LogP contribution in [0.1, 0.15) is 19.4 Å². The minimum Gasteiger partial charge on any atom is -0.492 e. The Morgan fingerprint density at radius 1 is 1.26 bits per heavy atom. The summed E-state index contributed by atoms with van der Waals surface area (Å²) in [6.07, 6.45) is -4.42. The minimum atomic E-state index is -4.42. The van der Waals surface area contributed by atoms with Gasteiger partial charge in [-0.2, -0.15) is 13.2 Å². The zero-order valence-electron chi connectivity index (χ0n) is 10.9. The first-order chi connectivity index (χ1) is 8.66. The Hall–Kier alpha value is -1.72. The maximum atomic E-state index is 12.5. The second-order valence-electron chi connectivity index (χ2n) is 4.69. The monoisotopic (exact) mass is 276 g/mol. The first-order valence-corrected chi connectivity index (χ1v) is 5.55. The Bertz CT molecular complexity index is 453. The number of carbonyl (C=O) groups excluding carboxylic acids is 1. The molecule has 0 amide bonds. The third-order valence-electron chi connectivity index (χ3n) is 2.50. The predicted octanol–water partition coefficient (Wildman–Crippen LogP) is 3.28. The number of carbonyl (C=O) groups is 1. The highest BCUT2D eigenvalue weighted by Gasteiger charge is 2.32. The molecule has 0 heterocycles. The van der Waals surface area contributed by atoms with E-state index in [0.29, 0.717) is 0 Å². The van der Waals surface area contributed by atoms with Gasteiger partial charge in [0.25, 0.3) is 0 Å². The van der Waals surface area contributed by atoms with Crippen LogP contribution in [0.2, 0.25) is 0 Å². The van der Waals surface area contributed by atoms with Crippen molar-refractivity contribution in [1.29, 1.82) is 0 Å². The van der Waals surface area contributed by atoms with Crippen LogP contribution in [0.4, 0.5) is 13.2 Å². The first-order valence-electron chi connectivity index (χ1n) is 5.55. The van der Waals surface area contributed by atoms with Crippen LogP contribution in [0.25, 0.3) is 0 Å². The highest BCUT2D eigenvalue weighted by Crippen LogP contribution is 2.31. The molecule has 0 atom stereocenters. The van der Waals surface area contributed by atoms with Crippen molar-refractivity contribution in [2.45, 2.75) is 20.0 Å². The van der Waals surface area contributed by atoms with Crippen LogP contribution < -0.4 is 4.74 Å². The molecule has 0 fully saturated rings. The largest absolute Gasteiger partial charge is 0.492 e. The summed E-state index contributed by atoms with van der Waals surface area (Å²) in [7, 11) is 1.24. The number of rotatable bonds is 4. The molecule has 19 heavy (non-hydrogen) atoms. The number of hydrogen-bond acceptors (Lipinski definition) is 3. The van der Waals surface area contributed by atoms with Gasteiger partial charge in [-0.25, -0.2) is 0 Å². The van der Waals surface area contributed by atoms with Crippen molar-refractivity contribution < 1.29 is 27.4 Å². The standard InChI is InChI=1S/C13H15F3O3/c1-12(2,11(17)18-3)8-19-10-6-4-5-9(7-10)13(14,15)16/h4-7H,8H2,1-3H3. The fraction of sp³-hybridized carbons (Fsp3) is 0.462. The van der Waals surface area contributed by atoms with Crippen molar-refractivity contribution >= 4 is 5.97 Å². The molecular weight excluding hydrogens is 261 g/mol. The van der Waals surface area contributed by atoms with Crippen LogP contribution >= 0.6 is 0 Å². The van der Waals surface area contributed by atoms with Gasteiger partial charge in [-0.1, -0.05) is 6.07 Å². The van der Waals surface area contributed by atoms with Gasteiger partial charge in [0.15, 0.2) is 0 Å². The van der Waals surface area contributed by atoms with Crippen LogP contribution in [-0.4, -0.2) is 19.7 Å². The molecule has 0 bridgehead atoms. The number of esters is 1. The highest BCUT2D eigenvalue weighted by molar-refractivity contribution is 5.75. The SMILES string of the molecule is COC(=O)C(C)(C)COc1cccc(C(F)(F)F)c1. The summed E-state index contributed by atoms with van der Waals surface area (Å²) >= 11 is 0. The van der Waals surface area contributed by atoms with E-state index in [1.165, 1.54) is 19.2 Å². The maximum Gasteiger partial charge on any atom is 0.416 e. The number of hydrogen-bond donors (Lipinski definition) is 0. The van der Waals surface area contributed by atoms with E-state index < -0.39 is 23.1 Å². The molecule has 3 nitrogen and oxygen atoms in total. The fourth-order valence-electron chi connectivity index (χ4n) is 1.36. The van der Waals surface area contributed by atoms with E-state index in [1.807, 2.05) is 0 Å². The summed E-state index contributed by atoms with van der Waals surface area (Å²) in [5.41, 5.74) is -1.72. The second-order valence-corrected chi connectivity index (χ2v) is 4.69. The van der Waals surface area contributed by atoms with Crippen LogP contribution in [0.5, 0.6) is 5.75 Å². The lowest BCUT2D eigenvalue weighted by molar-refractivity contribution is -0.152. The Labute approximate surface area is 109 Å². The van der Waals surface area contributed by atoms with Crippen LogP contribution in [0, 0.1) is 5.41 Å². The van der Waals surface area contributed by atoms with E-state index >= 15 is 0 Å². The van der Waals surface area contributed by atoms with Gasteiger partial charge in [0.05, 0.1) is 18.1 Å². The van der Waals surface area contributed by atoms with E-state index in [0.717, 1.165) is 12.1 Å². The molecule has 0 saturated heterocycles. The molecule has 0 radical (unpaired) electrons. The number of alkyl halides is 3. The summed E-state index contributed by atoms with van der Waals surface area (Å²) < 4.78 is 47.3. The molecule has 0 N–H and O–H groups in total. The molecule has 0 aliphatic carbocycles. The van der Waals surface area contributed by atoms with Crippen molar-refractivity contribution in [3.8, 4) is 5.75 Å². The maximum absolute atomic E-state index is 12.5. The molecule has 0 saturated carbocycles. The van der Waals surface area contributed by atoms with Crippen LogP contribution in [-0.2, 0) is 15.7 Å². The Kier molecular flexibility index (Phi) is 4.44. The predicted molar refractivity (Wildman–Crippen MR) is 62.7 cm³/mol. The molecule has 0 unspecified atom stereocenters. The summed E-state index contributed by atoms with van der Waals surface area (Å²) in [5, 5.41) is 0. The van der Waals surface area contributed by atoms with Gasteiger partial charge in [0.2, 0.25) is 0 Å². The van der Waals surface area contributed by atoms with Crippen molar-refractivity contribution in [1.82, 2.24) is 0 Å². The molecule has 1 aromatic rings. The van der Waals surface area contributed by atoms with Gasteiger partial charge < -0.3 is 9.47 Å². The van der Waals surface area contributed by atoms with E-state index in [-0.39, 0.29) is 12.4 Å². The number of benzene rings is 1. The number of ether oxygens (including phenoxy) is 2. The van der Waals surface area contributed by atoms with Crippen LogP contribution in [0.15, 0.2) is 24.3 Å². The topological polar surface area (TPSA) is 35.5 Å². The molecule has 106 valence electrons. The van der Waals surface area contributed by atoms with E-state index in [1.54, 1.807) is 13.8 Å². The average Bonchev–Trinajstić information content (AvgIpc) is 2.35. The van der Waals surface area contributed by atoms with Gasteiger partial charge >= 0.3 is 12.1 Å². The summed E-state index contributed by atoms with van der Waals surface area (Å²) in [6, 6.07) is 4.51. The van der Waals surface area contributed by atoms with Gasteiger partial charge in [0, 0.05) is 0 Å². The van der Waals surface area contributed by atoms with E-state index in [9.17, 15) is 18.0 Å². The number of methoxy groups -OCH3 is 1. The Morgan fingerprint density at radius 3 is 2.42 bits per heavy atom. The number of halogens is 3. The lowest BCUT2D eigenvalue weighted by Crippen LogP contribution is -2.32. The Morgan fingerprint density at radius 2 is 1.89 bits per heavy atom. The quantitative estimate of drug-likeness (QED) is 0.792. The van der Waals surface area contributed by atoms with Gasteiger partial charge in [0.1, 0.15) is 12.4 Å². The fourth-order valence-corrected chi connectivity index (χ4v) is 1.36. The lowest BCUT2D eigenvalue weighted by atomic mass is 9.95. The van der Waals surface area contributed by atoms with Gasteiger partial charge in [-0.15, -0.1) is 0 Å². The summed E-state index contributed by atoms with van der Waals surface area (Å²) in [6.45, 7) is 3.11. The Balaban J connectivity index is 2.77. The molecule has 1 rings (SSSR count). The van der Waals surface area contributed by atoms with Crippen molar-refractivity contribution in [2.24, 2.45) is 5.41 Å². The first kappa shape index (κ1) is 15.3. The zero-order valence-corrected chi connectivity index (χ0v) is 10.9. The summed E-state index contributed by atoms with van der Waals surface area (Å²) in [4.78, 5) is 11.4. The van der Waals surface area contributed by atoms with Crippen molar-refractivity contribution in [3.05, 3.63) is 29.8 Å². The molecule has 0 aliphatic rings. The van der Waals surface area contributed by atoms with Crippen molar-refractivity contribution in [3.63, 3.8) is 0 Å². The van der Waals surface area contributed by atoms with E-state index in [4.69, 9.17) is 4.74 Å². The summed E-state index contributed by atoms with van der Waals surface area (Å²) in [5.74, 6) is -0.425.